The van der Waals surface area contributed by atoms with E-state index in [1.54, 1.807) is 13.2 Å². The van der Waals surface area contributed by atoms with Gasteiger partial charge in [-0.05, 0) is 38.3 Å². The molecule has 1 unspecified atom stereocenters. The van der Waals surface area contributed by atoms with E-state index in [0.717, 1.165) is 47.6 Å². The minimum Gasteiger partial charge on any atom is -0.491 e. The van der Waals surface area contributed by atoms with Gasteiger partial charge < -0.3 is 24.5 Å². The number of benzene rings is 2. The van der Waals surface area contributed by atoms with Gasteiger partial charge in [-0.25, -0.2) is 4.98 Å². The van der Waals surface area contributed by atoms with Crippen LogP contribution in [0.5, 0.6) is 5.75 Å². The SMILES string of the molecule is CN=C(NCc1ncc(-c2ccc(C)cc2)o1)NCc1ccc(C)cc1OCC1CCCO1. The molecule has 0 bridgehead atoms. The van der Waals surface area contributed by atoms with Crippen molar-refractivity contribution in [1.29, 1.82) is 0 Å². The standard InChI is InChI=1S/C26H32N4O3/c1-18-6-9-20(10-7-18)24-15-28-25(33-24)16-30-26(27-3)29-14-21-11-8-19(2)13-23(21)32-17-22-5-4-12-31-22/h6-11,13,15,22H,4-5,12,14,16-17H2,1-3H3,(H2,27,29,30). The van der Waals surface area contributed by atoms with Crippen molar-refractivity contribution in [3.05, 3.63) is 71.2 Å². The molecule has 4 rings (SSSR count). The molecule has 0 spiro atoms. The van der Waals surface area contributed by atoms with Crippen molar-refractivity contribution < 1.29 is 13.9 Å². The number of nitrogens with zero attached hydrogens (tertiary/aromatic N) is 2. The van der Waals surface area contributed by atoms with E-state index in [9.17, 15) is 0 Å². The van der Waals surface area contributed by atoms with Crippen molar-refractivity contribution >= 4 is 5.96 Å². The van der Waals surface area contributed by atoms with Crippen LogP contribution in [0.2, 0.25) is 0 Å². The molecule has 2 heterocycles. The van der Waals surface area contributed by atoms with Gasteiger partial charge in [0, 0.05) is 31.3 Å². The third-order valence-electron chi connectivity index (χ3n) is 5.64. The molecule has 2 aromatic carbocycles. The van der Waals surface area contributed by atoms with Gasteiger partial charge >= 0.3 is 0 Å². The molecule has 174 valence electrons. The highest BCUT2D eigenvalue weighted by molar-refractivity contribution is 5.79. The molecule has 0 radical (unpaired) electrons. The Hall–Kier alpha value is -3.32. The van der Waals surface area contributed by atoms with E-state index < -0.39 is 0 Å². The number of aromatic nitrogens is 1. The highest BCUT2D eigenvalue weighted by Crippen LogP contribution is 2.23. The number of nitrogens with one attached hydrogen (secondary N) is 2. The summed E-state index contributed by atoms with van der Waals surface area (Å²) < 4.78 is 17.7. The van der Waals surface area contributed by atoms with Gasteiger partial charge in [0.2, 0.25) is 5.89 Å². The maximum Gasteiger partial charge on any atom is 0.214 e. The zero-order valence-electron chi connectivity index (χ0n) is 19.6. The first kappa shape index (κ1) is 22.9. The van der Waals surface area contributed by atoms with E-state index in [-0.39, 0.29) is 6.10 Å². The smallest absolute Gasteiger partial charge is 0.214 e. The van der Waals surface area contributed by atoms with Crippen molar-refractivity contribution in [2.24, 2.45) is 4.99 Å². The van der Waals surface area contributed by atoms with Crippen LogP contribution in [0.25, 0.3) is 11.3 Å². The summed E-state index contributed by atoms with van der Waals surface area (Å²) in [6, 6.07) is 14.4. The lowest BCUT2D eigenvalue weighted by Crippen LogP contribution is -2.36. The number of ether oxygens (including phenoxy) is 2. The lowest BCUT2D eigenvalue weighted by molar-refractivity contribution is 0.0676. The number of aryl methyl sites for hydroxylation is 2. The molecular weight excluding hydrogens is 416 g/mol. The molecule has 7 heteroatoms. The van der Waals surface area contributed by atoms with E-state index in [1.807, 2.05) is 12.1 Å². The second-order valence-corrected chi connectivity index (χ2v) is 8.32. The summed E-state index contributed by atoms with van der Waals surface area (Å²) in [5.74, 6) is 2.89. The minimum absolute atomic E-state index is 0.186. The van der Waals surface area contributed by atoms with E-state index in [1.165, 1.54) is 5.56 Å². The molecule has 1 aromatic heterocycles. The summed E-state index contributed by atoms with van der Waals surface area (Å²) >= 11 is 0. The van der Waals surface area contributed by atoms with Crippen LogP contribution in [0.15, 0.2) is 58.1 Å². The molecule has 7 nitrogen and oxygen atoms in total. The zero-order chi connectivity index (χ0) is 23.0. The van der Waals surface area contributed by atoms with Gasteiger partial charge in [-0.1, -0.05) is 42.0 Å². The molecule has 3 aromatic rings. The van der Waals surface area contributed by atoms with Gasteiger partial charge in [0.1, 0.15) is 12.4 Å². The fourth-order valence-electron chi connectivity index (χ4n) is 3.70. The Morgan fingerprint density at radius 1 is 1.09 bits per heavy atom. The summed E-state index contributed by atoms with van der Waals surface area (Å²) in [6.45, 7) is 6.56. The molecule has 0 amide bonds. The highest BCUT2D eigenvalue weighted by Gasteiger charge is 2.17. The Kier molecular flexibility index (Phi) is 7.62. The summed E-state index contributed by atoms with van der Waals surface area (Å²) in [7, 11) is 1.74. The maximum absolute atomic E-state index is 6.10. The highest BCUT2D eigenvalue weighted by atomic mass is 16.5. The third kappa shape index (κ3) is 6.35. The Morgan fingerprint density at radius 3 is 2.64 bits per heavy atom. The van der Waals surface area contributed by atoms with Gasteiger partial charge in [0.25, 0.3) is 0 Å². The fraction of sp³-hybridized carbons (Fsp3) is 0.385. The van der Waals surface area contributed by atoms with Crippen LogP contribution in [-0.4, -0.2) is 37.3 Å². The first-order valence-electron chi connectivity index (χ1n) is 11.4. The quantitative estimate of drug-likeness (QED) is 0.393. The van der Waals surface area contributed by atoms with Crippen molar-refractivity contribution in [2.45, 2.75) is 45.9 Å². The third-order valence-corrected chi connectivity index (χ3v) is 5.64. The fourth-order valence-corrected chi connectivity index (χ4v) is 3.70. The predicted octanol–water partition coefficient (Wildman–Crippen LogP) is 4.38. The van der Waals surface area contributed by atoms with Crippen LogP contribution in [0.3, 0.4) is 0 Å². The second-order valence-electron chi connectivity index (χ2n) is 8.32. The number of oxazole rings is 1. The second kappa shape index (κ2) is 11.0. The van der Waals surface area contributed by atoms with Crippen molar-refractivity contribution in [3.63, 3.8) is 0 Å². The molecule has 0 aliphatic carbocycles. The first-order chi connectivity index (χ1) is 16.1. The predicted molar refractivity (Wildman–Crippen MR) is 129 cm³/mol. The Labute approximate surface area is 195 Å². The lowest BCUT2D eigenvalue weighted by Gasteiger charge is -2.17. The van der Waals surface area contributed by atoms with E-state index in [4.69, 9.17) is 13.9 Å². The average molecular weight is 449 g/mol. The normalized spacial score (nSPS) is 16.1. The molecule has 2 N–H and O–H groups in total. The summed E-state index contributed by atoms with van der Waals surface area (Å²) in [6.07, 6.45) is 4.10. The molecule has 1 saturated heterocycles. The number of hydrogen-bond acceptors (Lipinski definition) is 5. The van der Waals surface area contributed by atoms with Crippen LogP contribution in [-0.2, 0) is 17.8 Å². The Bertz CT molecular complexity index is 1070. The van der Waals surface area contributed by atoms with E-state index >= 15 is 0 Å². The largest absolute Gasteiger partial charge is 0.491 e. The summed E-state index contributed by atoms with van der Waals surface area (Å²) in [4.78, 5) is 8.69. The molecule has 0 saturated carbocycles. The Balaban J connectivity index is 1.31. The monoisotopic (exact) mass is 448 g/mol. The van der Waals surface area contributed by atoms with Crippen LogP contribution in [0.4, 0.5) is 0 Å². The van der Waals surface area contributed by atoms with Gasteiger partial charge in [0.05, 0.1) is 18.8 Å². The summed E-state index contributed by atoms with van der Waals surface area (Å²) in [5, 5.41) is 6.61. The van der Waals surface area contributed by atoms with Crippen LogP contribution >= 0.6 is 0 Å². The van der Waals surface area contributed by atoms with Gasteiger partial charge in [-0.15, -0.1) is 0 Å². The lowest BCUT2D eigenvalue weighted by atomic mass is 10.1. The molecular formula is C26H32N4O3. The van der Waals surface area contributed by atoms with Crippen molar-refractivity contribution in [3.8, 4) is 17.1 Å². The number of hydrogen-bond donors (Lipinski definition) is 2. The topological polar surface area (TPSA) is 80.9 Å². The number of aliphatic imine (C=N–C) groups is 1. The minimum atomic E-state index is 0.186. The number of guanidine groups is 1. The van der Waals surface area contributed by atoms with Crippen LogP contribution in [0.1, 0.15) is 35.4 Å². The number of rotatable bonds is 8. The molecule has 33 heavy (non-hydrogen) atoms. The zero-order valence-corrected chi connectivity index (χ0v) is 19.6. The van der Waals surface area contributed by atoms with Crippen LogP contribution < -0.4 is 15.4 Å². The molecule has 1 aliphatic heterocycles. The Morgan fingerprint density at radius 2 is 1.88 bits per heavy atom. The van der Waals surface area contributed by atoms with Crippen molar-refractivity contribution in [1.82, 2.24) is 15.6 Å². The molecule has 1 fully saturated rings. The maximum atomic E-state index is 6.10. The molecule has 1 aliphatic rings. The van der Waals surface area contributed by atoms with Gasteiger partial charge in [-0.3, -0.25) is 4.99 Å². The van der Waals surface area contributed by atoms with Gasteiger partial charge in [-0.2, -0.15) is 0 Å². The average Bonchev–Trinajstić information content (AvgIpc) is 3.51. The van der Waals surface area contributed by atoms with Crippen molar-refractivity contribution in [2.75, 3.05) is 20.3 Å². The van der Waals surface area contributed by atoms with Crippen LogP contribution in [0, 0.1) is 13.8 Å². The van der Waals surface area contributed by atoms with E-state index in [2.05, 4.69) is 64.8 Å². The van der Waals surface area contributed by atoms with Gasteiger partial charge in [0.15, 0.2) is 11.7 Å². The first-order valence-corrected chi connectivity index (χ1v) is 11.4. The van der Waals surface area contributed by atoms with E-state index in [0.29, 0.717) is 31.5 Å². The molecule has 1 atom stereocenters. The summed E-state index contributed by atoms with van der Waals surface area (Å²) in [5.41, 5.74) is 4.46.